The summed E-state index contributed by atoms with van der Waals surface area (Å²) >= 11 is 0. The van der Waals surface area contributed by atoms with Crippen LogP contribution in [0.25, 0.3) is 0 Å². The molecule has 1 rings (SSSR count). The Morgan fingerprint density at radius 2 is 1.81 bits per heavy atom. The summed E-state index contributed by atoms with van der Waals surface area (Å²) in [6.45, 7) is 2.10. The third kappa shape index (κ3) is 6.11. The van der Waals surface area contributed by atoms with Crippen LogP contribution in [0, 0.1) is 0 Å². The van der Waals surface area contributed by atoms with Gasteiger partial charge in [0.1, 0.15) is 0 Å². The fourth-order valence-corrected chi connectivity index (χ4v) is 2.45. The van der Waals surface area contributed by atoms with Crippen molar-refractivity contribution in [3.63, 3.8) is 0 Å². The Balaban J connectivity index is 2.19. The number of carboxylic acids is 1. The average Bonchev–Trinajstić information content (AvgIpc) is 2.19. The van der Waals surface area contributed by atoms with Crippen molar-refractivity contribution in [3.05, 3.63) is 0 Å². The predicted octanol–water partition coefficient (Wildman–Crippen LogP) is 2.94. The summed E-state index contributed by atoms with van der Waals surface area (Å²) in [4.78, 5) is 10.5. The Kier molecular flexibility index (Phi) is 6.46. The fourth-order valence-electron chi connectivity index (χ4n) is 2.45. The molecule has 1 unspecified atom stereocenters. The first kappa shape index (κ1) is 13.5. The largest absolute Gasteiger partial charge is 0.481 e. The molecule has 0 aliphatic heterocycles. The van der Waals surface area contributed by atoms with Crippen LogP contribution in [0.3, 0.4) is 0 Å². The van der Waals surface area contributed by atoms with Crippen LogP contribution in [0.15, 0.2) is 0 Å². The van der Waals surface area contributed by atoms with Crippen molar-refractivity contribution in [2.24, 2.45) is 0 Å². The fraction of sp³-hybridized carbons (Fsp3) is 0.923. The number of carbonyl (C=O) groups is 1. The van der Waals surface area contributed by atoms with Gasteiger partial charge >= 0.3 is 5.97 Å². The van der Waals surface area contributed by atoms with Crippen LogP contribution in [0.5, 0.6) is 0 Å². The van der Waals surface area contributed by atoms with Gasteiger partial charge in [0, 0.05) is 18.5 Å². The number of aliphatic carboxylic acids is 1. The van der Waals surface area contributed by atoms with Gasteiger partial charge in [0.15, 0.2) is 0 Å². The second-order valence-electron chi connectivity index (χ2n) is 5.04. The van der Waals surface area contributed by atoms with Gasteiger partial charge in [0.05, 0.1) is 0 Å². The molecule has 3 heteroatoms. The van der Waals surface area contributed by atoms with Gasteiger partial charge in [-0.3, -0.25) is 4.79 Å². The van der Waals surface area contributed by atoms with Gasteiger partial charge in [0.25, 0.3) is 0 Å². The van der Waals surface area contributed by atoms with Gasteiger partial charge in [-0.2, -0.15) is 0 Å². The van der Waals surface area contributed by atoms with E-state index in [4.69, 9.17) is 5.11 Å². The monoisotopic (exact) mass is 227 g/mol. The molecule has 94 valence electrons. The molecule has 1 aliphatic rings. The highest BCUT2D eigenvalue weighted by Crippen LogP contribution is 2.17. The molecule has 0 aromatic carbocycles. The lowest BCUT2D eigenvalue weighted by Gasteiger charge is -2.24. The second-order valence-corrected chi connectivity index (χ2v) is 5.04. The van der Waals surface area contributed by atoms with Crippen molar-refractivity contribution in [2.45, 2.75) is 76.8 Å². The molecule has 0 bridgehead atoms. The molecule has 16 heavy (non-hydrogen) atoms. The lowest BCUT2D eigenvalue weighted by molar-refractivity contribution is -0.137. The summed E-state index contributed by atoms with van der Waals surface area (Å²) in [6, 6.07) is 0.949. The zero-order valence-corrected chi connectivity index (χ0v) is 10.4. The highest BCUT2D eigenvalue weighted by molar-refractivity contribution is 5.66. The molecule has 0 spiro atoms. The van der Waals surface area contributed by atoms with Gasteiger partial charge in [-0.25, -0.2) is 0 Å². The van der Waals surface area contributed by atoms with Gasteiger partial charge < -0.3 is 10.4 Å². The summed E-state index contributed by atoms with van der Waals surface area (Å²) in [6.07, 6.45) is 10.3. The van der Waals surface area contributed by atoms with E-state index in [1.54, 1.807) is 0 Å². The Labute approximate surface area is 98.6 Å². The number of nitrogens with one attached hydrogen (secondary N) is 1. The molecule has 0 radical (unpaired) electrons. The maximum atomic E-state index is 10.5. The first-order valence-corrected chi connectivity index (χ1v) is 6.66. The average molecular weight is 227 g/mol. The van der Waals surface area contributed by atoms with Gasteiger partial charge in [0.2, 0.25) is 0 Å². The molecule has 1 saturated carbocycles. The summed E-state index contributed by atoms with van der Waals surface area (Å²) in [5, 5.41) is 12.2. The quantitative estimate of drug-likeness (QED) is 0.759. The van der Waals surface area contributed by atoms with Crippen LogP contribution in [0.4, 0.5) is 0 Å². The lowest BCUT2D eigenvalue weighted by Crippen LogP contribution is -2.37. The van der Waals surface area contributed by atoms with Gasteiger partial charge in [-0.05, 0) is 26.2 Å². The first-order valence-electron chi connectivity index (χ1n) is 6.66. The summed E-state index contributed by atoms with van der Waals surface area (Å²) in [5.74, 6) is -0.689. The van der Waals surface area contributed by atoms with Crippen LogP contribution >= 0.6 is 0 Å². The number of hydrogen-bond acceptors (Lipinski definition) is 2. The van der Waals surface area contributed by atoms with E-state index in [-0.39, 0.29) is 6.42 Å². The van der Waals surface area contributed by atoms with E-state index in [2.05, 4.69) is 12.2 Å². The molecule has 0 saturated heterocycles. The number of rotatable bonds is 5. The standard InChI is InChI=1S/C13H25NO2/c1-11(9-10-13(15)16)14-12-7-5-3-2-4-6-8-12/h11-12,14H,2-10H2,1H3,(H,15,16). The van der Waals surface area contributed by atoms with Crippen molar-refractivity contribution in [2.75, 3.05) is 0 Å². The van der Waals surface area contributed by atoms with Crippen molar-refractivity contribution in [1.29, 1.82) is 0 Å². The minimum absolute atomic E-state index is 0.279. The SMILES string of the molecule is CC(CCC(=O)O)NC1CCCCCCC1. The maximum Gasteiger partial charge on any atom is 0.303 e. The molecule has 2 N–H and O–H groups in total. The number of hydrogen-bond donors (Lipinski definition) is 2. The Hall–Kier alpha value is -0.570. The third-order valence-electron chi connectivity index (χ3n) is 3.42. The van der Waals surface area contributed by atoms with Gasteiger partial charge in [-0.15, -0.1) is 0 Å². The third-order valence-corrected chi connectivity index (χ3v) is 3.42. The van der Waals surface area contributed by atoms with E-state index in [1.807, 2.05) is 0 Å². The highest BCUT2D eigenvalue weighted by Gasteiger charge is 2.14. The topological polar surface area (TPSA) is 49.3 Å². The molecule has 1 aliphatic carbocycles. The Morgan fingerprint density at radius 1 is 1.25 bits per heavy atom. The highest BCUT2D eigenvalue weighted by atomic mass is 16.4. The molecule has 0 amide bonds. The first-order chi connectivity index (χ1) is 7.68. The molecular weight excluding hydrogens is 202 g/mol. The predicted molar refractivity (Wildman–Crippen MR) is 65.6 cm³/mol. The van der Waals surface area contributed by atoms with Gasteiger partial charge in [-0.1, -0.05) is 32.1 Å². The van der Waals surface area contributed by atoms with E-state index in [9.17, 15) is 4.79 Å². The lowest BCUT2D eigenvalue weighted by atomic mass is 9.96. The minimum atomic E-state index is -0.689. The Bertz CT molecular complexity index is 198. The van der Waals surface area contributed by atoms with Crippen LogP contribution < -0.4 is 5.32 Å². The molecule has 0 aromatic heterocycles. The molecule has 3 nitrogen and oxygen atoms in total. The number of carboxylic acid groups (broad SMARTS) is 1. The molecule has 1 atom stereocenters. The van der Waals surface area contributed by atoms with E-state index in [0.717, 1.165) is 6.42 Å². The second kappa shape index (κ2) is 7.66. The molecular formula is C13H25NO2. The summed E-state index contributed by atoms with van der Waals surface area (Å²) in [7, 11) is 0. The van der Waals surface area contributed by atoms with Crippen molar-refractivity contribution in [1.82, 2.24) is 5.32 Å². The van der Waals surface area contributed by atoms with E-state index >= 15 is 0 Å². The normalized spacial score (nSPS) is 21.1. The van der Waals surface area contributed by atoms with Crippen molar-refractivity contribution >= 4 is 5.97 Å². The Morgan fingerprint density at radius 3 is 2.38 bits per heavy atom. The van der Waals surface area contributed by atoms with Crippen LogP contribution in [-0.4, -0.2) is 23.2 Å². The molecule has 0 aromatic rings. The summed E-state index contributed by atoms with van der Waals surface area (Å²) in [5.41, 5.74) is 0. The summed E-state index contributed by atoms with van der Waals surface area (Å²) < 4.78 is 0. The van der Waals surface area contributed by atoms with Crippen LogP contribution in [-0.2, 0) is 4.79 Å². The molecule has 0 heterocycles. The van der Waals surface area contributed by atoms with Crippen LogP contribution in [0.1, 0.15) is 64.7 Å². The zero-order valence-electron chi connectivity index (χ0n) is 10.4. The molecule has 1 fully saturated rings. The minimum Gasteiger partial charge on any atom is -0.481 e. The van der Waals surface area contributed by atoms with Crippen molar-refractivity contribution < 1.29 is 9.90 Å². The maximum absolute atomic E-state index is 10.5. The van der Waals surface area contributed by atoms with E-state index in [1.165, 1.54) is 44.9 Å². The zero-order chi connectivity index (χ0) is 11.8. The smallest absolute Gasteiger partial charge is 0.303 e. The van der Waals surface area contributed by atoms with Crippen molar-refractivity contribution in [3.8, 4) is 0 Å². The van der Waals surface area contributed by atoms with Crippen LogP contribution in [0.2, 0.25) is 0 Å². The van der Waals surface area contributed by atoms with E-state index in [0.29, 0.717) is 12.1 Å². The van der Waals surface area contributed by atoms with E-state index < -0.39 is 5.97 Å².